The average molecular weight is 270 g/mol. The highest BCUT2D eigenvalue weighted by molar-refractivity contribution is 5.74. The largest absolute Gasteiger partial charge is 0.350 e. The van der Waals surface area contributed by atoms with Crippen molar-refractivity contribution in [3.05, 3.63) is 24.3 Å². The Bertz CT molecular complexity index is 581. The van der Waals surface area contributed by atoms with Gasteiger partial charge in [0.1, 0.15) is 5.52 Å². The zero-order chi connectivity index (χ0) is 13.9. The monoisotopic (exact) mass is 270 g/mol. The molecule has 1 heterocycles. The molecule has 3 rings (SSSR count). The number of nitrogens with zero attached hydrogens (tertiary/aromatic N) is 3. The number of hydrogen-bond acceptors (Lipinski definition) is 4. The van der Waals surface area contributed by atoms with E-state index in [4.69, 9.17) is 0 Å². The lowest BCUT2D eigenvalue weighted by Gasteiger charge is -2.34. The second-order valence-electron chi connectivity index (χ2n) is 6.07. The van der Waals surface area contributed by atoms with Gasteiger partial charge in [-0.1, -0.05) is 38.8 Å². The zero-order valence-corrected chi connectivity index (χ0v) is 12.2. The van der Waals surface area contributed by atoms with Crippen LogP contribution >= 0.6 is 0 Å². The number of fused-ring (bicyclic) bond motifs is 1. The van der Waals surface area contributed by atoms with E-state index in [2.05, 4.69) is 34.3 Å². The fraction of sp³-hybridized carbons (Fsp3) is 0.562. The third-order valence-electron chi connectivity index (χ3n) is 4.35. The first-order chi connectivity index (χ1) is 9.74. The van der Waals surface area contributed by atoms with Crippen LogP contribution in [0.3, 0.4) is 0 Å². The van der Waals surface area contributed by atoms with E-state index in [-0.39, 0.29) is 0 Å². The molecule has 0 amide bonds. The lowest BCUT2D eigenvalue weighted by atomic mass is 9.78. The van der Waals surface area contributed by atoms with Gasteiger partial charge in [-0.05, 0) is 36.8 Å². The van der Waals surface area contributed by atoms with Gasteiger partial charge in [0.15, 0.2) is 0 Å². The molecule has 1 fully saturated rings. The molecular weight excluding hydrogens is 248 g/mol. The number of nitrogens with one attached hydrogen (secondary N) is 1. The fourth-order valence-electron chi connectivity index (χ4n) is 3.24. The second kappa shape index (κ2) is 5.73. The van der Waals surface area contributed by atoms with Gasteiger partial charge < -0.3 is 5.32 Å². The van der Waals surface area contributed by atoms with E-state index >= 15 is 0 Å². The molecule has 0 saturated heterocycles. The minimum atomic E-state index is 0.478. The Hall–Kier alpha value is -1.71. The summed E-state index contributed by atoms with van der Waals surface area (Å²) >= 11 is 0. The van der Waals surface area contributed by atoms with Crippen molar-refractivity contribution < 1.29 is 0 Å². The van der Waals surface area contributed by atoms with Gasteiger partial charge in [0.05, 0.1) is 5.52 Å². The van der Waals surface area contributed by atoms with Crippen LogP contribution in [0.2, 0.25) is 0 Å². The number of hydrogen-bond donors (Lipinski definition) is 1. The highest BCUT2D eigenvalue weighted by Crippen LogP contribution is 2.31. The second-order valence-corrected chi connectivity index (χ2v) is 6.07. The van der Waals surface area contributed by atoms with E-state index in [1.165, 1.54) is 25.7 Å². The summed E-state index contributed by atoms with van der Waals surface area (Å²) in [5.74, 6) is 2.07. The summed E-state index contributed by atoms with van der Waals surface area (Å²) in [6, 6.07) is 8.35. The molecule has 1 aliphatic rings. The molecule has 1 N–H and O–H groups in total. The van der Waals surface area contributed by atoms with E-state index in [1.807, 2.05) is 24.3 Å². The summed E-state index contributed by atoms with van der Waals surface area (Å²) in [5.41, 5.74) is 1.75. The van der Waals surface area contributed by atoms with E-state index in [1.54, 1.807) is 0 Å². The minimum absolute atomic E-state index is 0.478. The van der Waals surface area contributed by atoms with Crippen LogP contribution in [0.1, 0.15) is 39.5 Å². The van der Waals surface area contributed by atoms with Crippen molar-refractivity contribution in [1.29, 1.82) is 0 Å². The Morgan fingerprint density at radius 2 is 1.80 bits per heavy atom. The van der Waals surface area contributed by atoms with Crippen molar-refractivity contribution in [3.8, 4) is 0 Å². The van der Waals surface area contributed by atoms with Crippen LogP contribution in [-0.2, 0) is 0 Å². The molecule has 1 aromatic heterocycles. The Labute approximate surface area is 120 Å². The zero-order valence-electron chi connectivity index (χ0n) is 12.2. The summed E-state index contributed by atoms with van der Waals surface area (Å²) < 4.78 is 0. The number of benzene rings is 1. The minimum Gasteiger partial charge on any atom is -0.350 e. The average Bonchev–Trinajstić information content (AvgIpc) is 2.47. The van der Waals surface area contributed by atoms with Gasteiger partial charge in [-0.15, -0.1) is 10.2 Å². The van der Waals surface area contributed by atoms with Crippen molar-refractivity contribution in [3.63, 3.8) is 0 Å². The van der Waals surface area contributed by atoms with Crippen LogP contribution in [0, 0.1) is 11.8 Å². The maximum absolute atomic E-state index is 4.58. The van der Waals surface area contributed by atoms with Crippen molar-refractivity contribution in [2.45, 2.75) is 45.6 Å². The molecule has 4 heteroatoms. The molecule has 4 nitrogen and oxygen atoms in total. The first-order valence-electron chi connectivity index (χ1n) is 7.60. The van der Waals surface area contributed by atoms with Gasteiger partial charge >= 0.3 is 0 Å². The van der Waals surface area contributed by atoms with Crippen molar-refractivity contribution in [1.82, 2.24) is 15.2 Å². The summed E-state index contributed by atoms with van der Waals surface area (Å²) in [5, 5.41) is 12.0. The Morgan fingerprint density at radius 1 is 1.05 bits per heavy atom. The van der Waals surface area contributed by atoms with Gasteiger partial charge in [-0.25, -0.2) is 4.98 Å². The first-order valence-corrected chi connectivity index (χ1v) is 7.60. The van der Waals surface area contributed by atoms with E-state index in [0.717, 1.165) is 11.0 Å². The van der Waals surface area contributed by atoms with Crippen LogP contribution in [0.4, 0.5) is 5.95 Å². The lowest BCUT2D eigenvalue weighted by Crippen LogP contribution is -2.35. The lowest BCUT2D eigenvalue weighted by molar-refractivity contribution is 0.253. The summed E-state index contributed by atoms with van der Waals surface area (Å²) in [4.78, 5) is 4.58. The third kappa shape index (κ3) is 2.74. The molecule has 2 atom stereocenters. The predicted octanol–water partition coefficient (Wildman–Crippen LogP) is 3.65. The molecule has 106 valence electrons. The standard InChI is InChI=1S/C16H22N4/c1-11(2)12-7-3-4-8-13(12)17-16-18-14-9-5-6-10-15(14)19-20-16/h5-6,9-13H,3-4,7-8H2,1-2H3,(H,17,18,20). The highest BCUT2D eigenvalue weighted by atomic mass is 15.2. The van der Waals surface area contributed by atoms with Crippen molar-refractivity contribution >= 4 is 17.0 Å². The maximum Gasteiger partial charge on any atom is 0.243 e. The van der Waals surface area contributed by atoms with Gasteiger partial charge in [0, 0.05) is 6.04 Å². The molecule has 1 aliphatic carbocycles. The molecule has 2 aromatic rings. The van der Waals surface area contributed by atoms with E-state index in [0.29, 0.717) is 23.8 Å². The van der Waals surface area contributed by atoms with Crippen LogP contribution in [0.5, 0.6) is 0 Å². The Balaban J connectivity index is 1.80. The molecule has 0 radical (unpaired) electrons. The smallest absolute Gasteiger partial charge is 0.243 e. The van der Waals surface area contributed by atoms with Gasteiger partial charge in [0.2, 0.25) is 5.95 Å². The summed E-state index contributed by atoms with van der Waals surface area (Å²) in [7, 11) is 0. The topological polar surface area (TPSA) is 50.7 Å². The number of anilines is 1. The Kier molecular flexibility index (Phi) is 3.81. The van der Waals surface area contributed by atoms with Gasteiger partial charge in [-0.3, -0.25) is 0 Å². The quantitative estimate of drug-likeness (QED) is 0.925. The molecule has 2 unspecified atom stereocenters. The molecule has 1 aromatic carbocycles. The number of rotatable bonds is 3. The summed E-state index contributed by atoms with van der Waals surface area (Å²) in [6.45, 7) is 4.62. The third-order valence-corrected chi connectivity index (χ3v) is 4.35. The molecule has 20 heavy (non-hydrogen) atoms. The van der Waals surface area contributed by atoms with E-state index in [9.17, 15) is 0 Å². The molecular formula is C16H22N4. The van der Waals surface area contributed by atoms with Crippen molar-refractivity contribution in [2.24, 2.45) is 11.8 Å². The number of para-hydroxylation sites is 1. The fourth-order valence-corrected chi connectivity index (χ4v) is 3.24. The van der Waals surface area contributed by atoms with Crippen molar-refractivity contribution in [2.75, 3.05) is 5.32 Å². The number of aromatic nitrogens is 3. The van der Waals surface area contributed by atoms with Crippen LogP contribution in [0.25, 0.3) is 11.0 Å². The molecule has 0 bridgehead atoms. The first kappa shape index (κ1) is 13.3. The highest BCUT2D eigenvalue weighted by Gasteiger charge is 2.28. The molecule has 0 spiro atoms. The molecule has 1 saturated carbocycles. The Morgan fingerprint density at radius 3 is 2.60 bits per heavy atom. The van der Waals surface area contributed by atoms with E-state index < -0.39 is 0 Å². The van der Waals surface area contributed by atoms with Crippen LogP contribution in [0.15, 0.2) is 24.3 Å². The summed E-state index contributed by atoms with van der Waals surface area (Å²) in [6.07, 6.45) is 5.15. The SMILES string of the molecule is CC(C)C1CCCCC1Nc1nnc2ccccc2n1. The predicted molar refractivity (Wildman–Crippen MR) is 81.5 cm³/mol. The molecule has 0 aliphatic heterocycles. The van der Waals surface area contributed by atoms with Gasteiger partial charge in [-0.2, -0.15) is 0 Å². The van der Waals surface area contributed by atoms with Gasteiger partial charge in [0.25, 0.3) is 0 Å². The maximum atomic E-state index is 4.58. The normalized spacial score (nSPS) is 23.1. The van der Waals surface area contributed by atoms with Crippen LogP contribution in [-0.4, -0.2) is 21.2 Å². The van der Waals surface area contributed by atoms with Crippen LogP contribution < -0.4 is 5.32 Å².